The number of halogens is 1. The highest BCUT2D eigenvalue weighted by molar-refractivity contribution is 6.16. The van der Waals surface area contributed by atoms with Crippen LogP contribution in [0.2, 0.25) is 0 Å². The van der Waals surface area contributed by atoms with Crippen molar-refractivity contribution in [2.75, 3.05) is 7.11 Å². The van der Waals surface area contributed by atoms with Gasteiger partial charge in [-0.25, -0.2) is 4.98 Å². The topological polar surface area (TPSA) is 35.3 Å². The first kappa shape index (κ1) is 11.0. The lowest BCUT2D eigenvalue weighted by Gasteiger charge is -2.01. The molecular weight excluding hydrogens is 226 g/mol. The molecule has 3 nitrogen and oxygen atoms in total. The van der Waals surface area contributed by atoms with Crippen LogP contribution in [0.3, 0.4) is 0 Å². The Morgan fingerprint density at radius 2 is 2.00 bits per heavy atom. The predicted molar refractivity (Wildman–Crippen MR) is 62.8 cm³/mol. The zero-order valence-corrected chi connectivity index (χ0v) is 9.91. The fourth-order valence-corrected chi connectivity index (χ4v) is 1.63. The molecule has 0 spiro atoms. The number of oxazole rings is 1. The maximum Gasteiger partial charge on any atom is 0.210 e. The van der Waals surface area contributed by atoms with Crippen molar-refractivity contribution in [2.45, 2.75) is 12.8 Å². The Morgan fingerprint density at radius 3 is 2.50 bits per heavy atom. The Hall–Kier alpha value is -1.48. The minimum Gasteiger partial charge on any atom is -0.497 e. The highest BCUT2D eigenvalue weighted by atomic mass is 35.5. The van der Waals surface area contributed by atoms with Crippen LogP contribution in [0.1, 0.15) is 11.6 Å². The Labute approximate surface area is 99.0 Å². The van der Waals surface area contributed by atoms with Crippen molar-refractivity contribution in [1.82, 2.24) is 4.98 Å². The van der Waals surface area contributed by atoms with Crippen LogP contribution in [0, 0.1) is 6.92 Å². The van der Waals surface area contributed by atoms with Crippen molar-refractivity contribution >= 4 is 11.6 Å². The number of hydrogen-bond acceptors (Lipinski definition) is 3. The van der Waals surface area contributed by atoms with E-state index in [0.29, 0.717) is 5.89 Å². The SMILES string of the molecule is COc1ccc(-c2oc(CCl)nc2C)cc1. The monoisotopic (exact) mass is 237 g/mol. The number of hydrogen-bond donors (Lipinski definition) is 0. The molecular formula is C12H12ClNO2. The molecule has 0 unspecified atom stereocenters. The van der Waals surface area contributed by atoms with Gasteiger partial charge in [0.1, 0.15) is 5.75 Å². The average Bonchev–Trinajstić information content (AvgIpc) is 2.71. The summed E-state index contributed by atoms with van der Waals surface area (Å²) in [5.41, 5.74) is 1.82. The summed E-state index contributed by atoms with van der Waals surface area (Å²) in [6.07, 6.45) is 0. The first-order chi connectivity index (χ1) is 7.74. The van der Waals surface area contributed by atoms with E-state index in [1.54, 1.807) is 7.11 Å². The Morgan fingerprint density at radius 1 is 1.31 bits per heavy atom. The van der Waals surface area contributed by atoms with Crippen LogP contribution >= 0.6 is 11.6 Å². The molecule has 0 saturated heterocycles. The van der Waals surface area contributed by atoms with Crippen molar-refractivity contribution in [3.05, 3.63) is 35.9 Å². The molecule has 1 aromatic heterocycles. The van der Waals surface area contributed by atoms with Crippen molar-refractivity contribution in [2.24, 2.45) is 0 Å². The minimum absolute atomic E-state index is 0.289. The molecule has 0 amide bonds. The summed E-state index contributed by atoms with van der Waals surface area (Å²) in [4.78, 5) is 4.22. The molecule has 0 atom stereocenters. The second-order valence-electron chi connectivity index (χ2n) is 3.38. The largest absolute Gasteiger partial charge is 0.497 e. The lowest BCUT2D eigenvalue weighted by atomic mass is 10.1. The van der Waals surface area contributed by atoms with Gasteiger partial charge in [0.15, 0.2) is 5.76 Å². The molecule has 2 aromatic rings. The standard InChI is InChI=1S/C12H12ClNO2/c1-8-12(16-11(7-13)14-8)9-3-5-10(15-2)6-4-9/h3-6H,7H2,1-2H3. The maximum atomic E-state index is 5.67. The van der Waals surface area contributed by atoms with Gasteiger partial charge in [0.2, 0.25) is 5.89 Å². The van der Waals surface area contributed by atoms with E-state index in [0.717, 1.165) is 22.8 Å². The van der Waals surface area contributed by atoms with Gasteiger partial charge in [-0.15, -0.1) is 11.6 Å². The minimum atomic E-state index is 0.289. The van der Waals surface area contributed by atoms with Crippen molar-refractivity contribution in [1.29, 1.82) is 0 Å². The van der Waals surface area contributed by atoms with E-state index in [1.807, 2.05) is 31.2 Å². The molecule has 0 bridgehead atoms. The van der Waals surface area contributed by atoms with E-state index in [1.165, 1.54) is 0 Å². The summed E-state index contributed by atoms with van der Waals surface area (Å²) in [7, 11) is 1.64. The molecule has 0 fully saturated rings. The summed E-state index contributed by atoms with van der Waals surface area (Å²) >= 11 is 5.67. The second kappa shape index (κ2) is 4.58. The molecule has 0 saturated carbocycles. The molecule has 1 heterocycles. The number of aryl methyl sites for hydroxylation is 1. The quantitative estimate of drug-likeness (QED) is 0.768. The van der Waals surface area contributed by atoms with E-state index in [-0.39, 0.29) is 5.88 Å². The fraction of sp³-hybridized carbons (Fsp3) is 0.250. The number of benzene rings is 1. The summed E-state index contributed by atoms with van der Waals surface area (Å²) in [5.74, 6) is 2.42. The Bertz CT molecular complexity index is 476. The molecule has 0 aliphatic rings. The highest BCUT2D eigenvalue weighted by Crippen LogP contribution is 2.26. The second-order valence-corrected chi connectivity index (χ2v) is 3.65. The third-order valence-corrected chi connectivity index (χ3v) is 2.54. The van der Waals surface area contributed by atoms with Crippen LogP contribution in [0.5, 0.6) is 5.75 Å². The summed E-state index contributed by atoms with van der Waals surface area (Å²) in [6.45, 7) is 1.90. The highest BCUT2D eigenvalue weighted by Gasteiger charge is 2.10. The van der Waals surface area contributed by atoms with Crippen LogP contribution < -0.4 is 4.74 Å². The zero-order chi connectivity index (χ0) is 11.5. The van der Waals surface area contributed by atoms with E-state index < -0.39 is 0 Å². The first-order valence-electron chi connectivity index (χ1n) is 4.91. The number of ether oxygens (including phenoxy) is 1. The van der Waals surface area contributed by atoms with Crippen molar-refractivity contribution < 1.29 is 9.15 Å². The van der Waals surface area contributed by atoms with E-state index >= 15 is 0 Å². The van der Waals surface area contributed by atoms with Gasteiger partial charge in [0.25, 0.3) is 0 Å². The lowest BCUT2D eigenvalue weighted by Crippen LogP contribution is -1.83. The van der Waals surface area contributed by atoms with Crippen LogP contribution in [-0.4, -0.2) is 12.1 Å². The molecule has 0 aliphatic carbocycles. The van der Waals surface area contributed by atoms with E-state index in [4.69, 9.17) is 20.8 Å². The molecule has 0 N–H and O–H groups in total. The third-order valence-electron chi connectivity index (χ3n) is 2.31. The van der Waals surface area contributed by atoms with Gasteiger partial charge < -0.3 is 9.15 Å². The van der Waals surface area contributed by atoms with E-state index in [2.05, 4.69) is 4.98 Å². The van der Waals surface area contributed by atoms with Gasteiger partial charge >= 0.3 is 0 Å². The normalized spacial score (nSPS) is 10.4. The van der Waals surface area contributed by atoms with Crippen molar-refractivity contribution in [3.8, 4) is 17.1 Å². The number of rotatable bonds is 3. The molecule has 84 valence electrons. The zero-order valence-electron chi connectivity index (χ0n) is 9.16. The lowest BCUT2D eigenvalue weighted by molar-refractivity contribution is 0.415. The summed E-state index contributed by atoms with van der Waals surface area (Å²) in [6, 6.07) is 7.64. The Balaban J connectivity index is 2.38. The summed E-state index contributed by atoms with van der Waals surface area (Å²) < 4.78 is 10.6. The average molecular weight is 238 g/mol. The van der Waals surface area contributed by atoms with Gasteiger partial charge in [-0.3, -0.25) is 0 Å². The number of methoxy groups -OCH3 is 1. The fourth-order valence-electron chi connectivity index (χ4n) is 1.52. The van der Waals surface area contributed by atoms with E-state index in [9.17, 15) is 0 Å². The molecule has 4 heteroatoms. The van der Waals surface area contributed by atoms with Crippen LogP contribution in [-0.2, 0) is 5.88 Å². The number of nitrogens with zero attached hydrogens (tertiary/aromatic N) is 1. The molecule has 1 aromatic carbocycles. The third kappa shape index (κ3) is 2.04. The number of aromatic nitrogens is 1. The summed E-state index contributed by atoms with van der Waals surface area (Å²) in [5, 5.41) is 0. The smallest absolute Gasteiger partial charge is 0.210 e. The molecule has 0 aliphatic heterocycles. The van der Waals surface area contributed by atoms with Gasteiger partial charge in [-0.2, -0.15) is 0 Å². The van der Waals surface area contributed by atoms with Gasteiger partial charge in [-0.05, 0) is 31.2 Å². The predicted octanol–water partition coefficient (Wildman–Crippen LogP) is 3.40. The van der Waals surface area contributed by atoms with Crippen molar-refractivity contribution in [3.63, 3.8) is 0 Å². The molecule has 0 radical (unpaired) electrons. The van der Waals surface area contributed by atoms with Crippen LogP contribution in [0.15, 0.2) is 28.7 Å². The first-order valence-corrected chi connectivity index (χ1v) is 5.44. The van der Waals surface area contributed by atoms with Gasteiger partial charge in [0, 0.05) is 5.56 Å². The van der Waals surface area contributed by atoms with Crippen LogP contribution in [0.25, 0.3) is 11.3 Å². The molecule has 16 heavy (non-hydrogen) atoms. The maximum absolute atomic E-state index is 5.67. The Kier molecular flexibility index (Phi) is 3.15. The number of alkyl halides is 1. The molecule has 2 rings (SSSR count). The van der Waals surface area contributed by atoms with Crippen LogP contribution in [0.4, 0.5) is 0 Å². The van der Waals surface area contributed by atoms with Gasteiger partial charge in [-0.1, -0.05) is 0 Å². The van der Waals surface area contributed by atoms with Gasteiger partial charge in [0.05, 0.1) is 18.7 Å².